The number of tetrazole rings is 1. The quantitative estimate of drug-likeness (QED) is 0.678. The van der Waals surface area contributed by atoms with Crippen molar-refractivity contribution in [1.29, 1.82) is 0 Å². The van der Waals surface area contributed by atoms with Gasteiger partial charge in [-0.05, 0) is 53.8 Å². The van der Waals surface area contributed by atoms with Gasteiger partial charge >= 0.3 is 6.03 Å². The summed E-state index contributed by atoms with van der Waals surface area (Å²) in [4.78, 5) is 34.8. The SMILES string of the molecule is NC(=O)NC(=O)C1CCC(NC(=O)Cc2ccc(-n3cnnn3)cc2)CC1. The maximum atomic E-state index is 12.3. The Bertz CT molecular complexity index is 796. The number of rotatable bonds is 5. The fourth-order valence-electron chi connectivity index (χ4n) is 3.23. The van der Waals surface area contributed by atoms with Gasteiger partial charge in [-0.25, -0.2) is 9.48 Å². The molecule has 0 saturated heterocycles. The minimum atomic E-state index is -0.832. The molecule has 10 nitrogen and oxygen atoms in total. The summed E-state index contributed by atoms with van der Waals surface area (Å²) in [5.41, 5.74) is 6.67. The van der Waals surface area contributed by atoms with E-state index in [1.54, 1.807) is 0 Å². The highest BCUT2D eigenvalue weighted by Crippen LogP contribution is 2.24. The van der Waals surface area contributed by atoms with Crippen LogP contribution < -0.4 is 16.4 Å². The topological polar surface area (TPSA) is 145 Å². The van der Waals surface area contributed by atoms with Crippen molar-refractivity contribution in [2.75, 3.05) is 0 Å². The highest BCUT2D eigenvalue weighted by molar-refractivity contribution is 5.94. The number of nitrogens with two attached hydrogens (primary N) is 1. The molecule has 0 spiro atoms. The van der Waals surface area contributed by atoms with E-state index in [9.17, 15) is 14.4 Å². The van der Waals surface area contributed by atoms with Gasteiger partial charge in [0.15, 0.2) is 0 Å². The highest BCUT2D eigenvalue weighted by Gasteiger charge is 2.27. The monoisotopic (exact) mass is 371 g/mol. The lowest BCUT2D eigenvalue weighted by atomic mass is 9.85. The molecule has 27 heavy (non-hydrogen) atoms. The first-order valence-electron chi connectivity index (χ1n) is 8.73. The molecule has 0 atom stereocenters. The van der Waals surface area contributed by atoms with Crippen LogP contribution in [0.4, 0.5) is 4.79 Å². The molecule has 1 aliphatic carbocycles. The molecule has 1 aromatic carbocycles. The van der Waals surface area contributed by atoms with E-state index in [2.05, 4.69) is 26.2 Å². The molecule has 2 aromatic rings. The molecule has 1 aromatic heterocycles. The number of benzene rings is 1. The number of nitrogens with zero attached hydrogens (tertiary/aromatic N) is 4. The molecule has 1 heterocycles. The van der Waals surface area contributed by atoms with Crippen LogP contribution in [0.15, 0.2) is 30.6 Å². The molecule has 1 fully saturated rings. The van der Waals surface area contributed by atoms with Crippen LogP contribution in [0.25, 0.3) is 5.69 Å². The normalized spacial score (nSPS) is 19.3. The fourth-order valence-corrected chi connectivity index (χ4v) is 3.23. The lowest BCUT2D eigenvalue weighted by Gasteiger charge is -2.28. The Hall–Kier alpha value is -3.30. The van der Waals surface area contributed by atoms with Crippen molar-refractivity contribution in [2.24, 2.45) is 11.7 Å². The summed E-state index contributed by atoms with van der Waals surface area (Å²) >= 11 is 0. The van der Waals surface area contributed by atoms with Gasteiger partial charge < -0.3 is 11.1 Å². The van der Waals surface area contributed by atoms with Gasteiger partial charge in [0.1, 0.15) is 6.33 Å². The average molecular weight is 371 g/mol. The molecule has 0 radical (unpaired) electrons. The molecule has 0 aliphatic heterocycles. The number of primary amides is 1. The molecule has 1 aliphatic rings. The van der Waals surface area contributed by atoms with Crippen molar-refractivity contribution in [1.82, 2.24) is 30.8 Å². The Labute approximate surface area is 155 Å². The molecule has 0 unspecified atom stereocenters. The summed E-state index contributed by atoms with van der Waals surface area (Å²) in [6.07, 6.45) is 4.40. The number of nitrogens with one attached hydrogen (secondary N) is 2. The third-order valence-corrected chi connectivity index (χ3v) is 4.62. The van der Waals surface area contributed by atoms with Gasteiger partial charge in [0.2, 0.25) is 11.8 Å². The molecule has 4 amide bonds. The van der Waals surface area contributed by atoms with E-state index in [1.807, 2.05) is 24.3 Å². The first-order chi connectivity index (χ1) is 13.0. The van der Waals surface area contributed by atoms with Crippen molar-refractivity contribution < 1.29 is 14.4 Å². The second-order valence-corrected chi connectivity index (χ2v) is 6.57. The number of aromatic nitrogens is 4. The van der Waals surface area contributed by atoms with Gasteiger partial charge in [-0.1, -0.05) is 12.1 Å². The van der Waals surface area contributed by atoms with Crippen LogP contribution in [0.1, 0.15) is 31.2 Å². The number of hydrogen-bond donors (Lipinski definition) is 3. The Morgan fingerprint density at radius 2 is 1.81 bits per heavy atom. The van der Waals surface area contributed by atoms with Crippen LogP contribution >= 0.6 is 0 Å². The van der Waals surface area contributed by atoms with Crippen molar-refractivity contribution in [2.45, 2.75) is 38.1 Å². The summed E-state index contributed by atoms with van der Waals surface area (Å²) in [6.45, 7) is 0. The summed E-state index contributed by atoms with van der Waals surface area (Å²) in [5, 5.41) is 16.1. The summed E-state index contributed by atoms with van der Waals surface area (Å²) < 4.78 is 1.54. The summed E-state index contributed by atoms with van der Waals surface area (Å²) in [6, 6.07) is 6.63. The molecule has 1 saturated carbocycles. The third kappa shape index (κ3) is 5.09. The zero-order chi connectivity index (χ0) is 19.2. The van der Waals surface area contributed by atoms with Gasteiger partial charge in [-0.15, -0.1) is 5.10 Å². The lowest BCUT2D eigenvalue weighted by molar-refractivity contribution is -0.125. The van der Waals surface area contributed by atoms with Crippen molar-refractivity contribution in [3.05, 3.63) is 36.2 Å². The van der Waals surface area contributed by atoms with E-state index < -0.39 is 6.03 Å². The Morgan fingerprint density at radius 1 is 1.11 bits per heavy atom. The van der Waals surface area contributed by atoms with E-state index in [4.69, 9.17) is 5.73 Å². The molecule has 0 bridgehead atoms. The Balaban J connectivity index is 1.45. The van der Waals surface area contributed by atoms with E-state index in [-0.39, 0.29) is 30.2 Å². The van der Waals surface area contributed by atoms with Crippen molar-refractivity contribution in [3.63, 3.8) is 0 Å². The van der Waals surface area contributed by atoms with Crippen LogP contribution in [-0.2, 0) is 16.0 Å². The number of urea groups is 1. The smallest absolute Gasteiger partial charge is 0.318 e. The van der Waals surface area contributed by atoms with Crippen LogP contribution in [0.5, 0.6) is 0 Å². The summed E-state index contributed by atoms with van der Waals surface area (Å²) in [5.74, 6) is -0.630. The zero-order valence-electron chi connectivity index (χ0n) is 14.7. The van der Waals surface area contributed by atoms with E-state index in [0.717, 1.165) is 11.3 Å². The molecular formula is C17H21N7O3. The van der Waals surface area contributed by atoms with Crippen molar-refractivity contribution in [3.8, 4) is 5.69 Å². The molecule has 3 rings (SSSR count). The Morgan fingerprint density at radius 3 is 2.41 bits per heavy atom. The highest BCUT2D eigenvalue weighted by atomic mass is 16.2. The molecule has 4 N–H and O–H groups in total. The van der Waals surface area contributed by atoms with Gasteiger partial charge in [-0.2, -0.15) is 0 Å². The Kier molecular flexibility index (Phi) is 5.74. The van der Waals surface area contributed by atoms with Gasteiger partial charge in [-0.3, -0.25) is 14.9 Å². The summed E-state index contributed by atoms with van der Waals surface area (Å²) in [7, 11) is 0. The van der Waals surface area contributed by atoms with Crippen LogP contribution in [-0.4, -0.2) is 44.1 Å². The van der Waals surface area contributed by atoms with Crippen LogP contribution in [0.2, 0.25) is 0 Å². The van der Waals surface area contributed by atoms with E-state index >= 15 is 0 Å². The second kappa shape index (κ2) is 8.39. The predicted molar refractivity (Wildman–Crippen MR) is 94.5 cm³/mol. The first kappa shape index (κ1) is 18.5. The van der Waals surface area contributed by atoms with Gasteiger partial charge in [0, 0.05) is 12.0 Å². The fraction of sp³-hybridized carbons (Fsp3) is 0.412. The van der Waals surface area contributed by atoms with E-state index in [1.165, 1.54) is 11.0 Å². The lowest BCUT2D eigenvalue weighted by Crippen LogP contribution is -2.43. The molecular weight excluding hydrogens is 350 g/mol. The number of carbonyl (C=O) groups excluding carboxylic acids is 3. The van der Waals surface area contributed by atoms with Gasteiger partial charge in [0.25, 0.3) is 0 Å². The number of amides is 4. The van der Waals surface area contributed by atoms with Gasteiger partial charge in [0.05, 0.1) is 12.1 Å². The minimum absolute atomic E-state index is 0.0376. The third-order valence-electron chi connectivity index (χ3n) is 4.62. The second-order valence-electron chi connectivity index (χ2n) is 6.57. The zero-order valence-corrected chi connectivity index (χ0v) is 14.7. The standard InChI is InChI=1S/C17H21N7O3/c18-17(27)21-16(26)12-3-5-13(6-4-12)20-15(25)9-11-1-7-14(8-2-11)24-10-19-22-23-24/h1-2,7-8,10,12-13H,3-6,9H2,(H,20,25)(H3,18,21,26,27). The molecule has 10 heteroatoms. The predicted octanol–water partition coefficient (Wildman–Crippen LogP) is 0.0747. The number of hydrogen-bond acceptors (Lipinski definition) is 6. The van der Waals surface area contributed by atoms with Crippen LogP contribution in [0, 0.1) is 5.92 Å². The number of imide groups is 1. The maximum Gasteiger partial charge on any atom is 0.318 e. The number of carbonyl (C=O) groups is 3. The average Bonchev–Trinajstić information content (AvgIpc) is 3.17. The van der Waals surface area contributed by atoms with E-state index in [0.29, 0.717) is 25.7 Å². The first-order valence-corrected chi connectivity index (χ1v) is 8.73. The largest absolute Gasteiger partial charge is 0.353 e. The molecule has 142 valence electrons. The minimum Gasteiger partial charge on any atom is -0.353 e. The van der Waals surface area contributed by atoms with Crippen molar-refractivity contribution >= 4 is 17.8 Å². The maximum absolute atomic E-state index is 12.3. The van der Waals surface area contributed by atoms with Crippen LogP contribution in [0.3, 0.4) is 0 Å².